The number of phenols is 1. The molecule has 0 amide bonds. The summed E-state index contributed by atoms with van der Waals surface area (Å²) in [4.78, 5) is 33.0. The molecule has 8 heteroatoms. The number of hydrogen-bond donors (Lipinski definition) is 4. The first-order valence-electron chi connectivity index (χ1n) is 5.52. The first-order chi connectivity index (χ1) is 9.73. The highest BCUT2D eigenvalue weighted by Crippen LogP contribution is 2.26. The molecule has 0 saturated heterocycles. The molecular weight excluding hydrogens is 284 g/mol. The Labute approximate surface area is 118 Å². The van der Waals surface area contributed by atoms with E-state index in [0.29, 0.717) is 11.6 Å². The van der Waals surface area contributed by atoms with Crippen LogP contribution in [0.4, 0.5) is 0 Å². The van der Waals surface area contributed by atoms with Crippen LogP contribution in [0.15, 0.2) is 24.3 Å². The largest absolute Gasteiger partial charge is 0.504 e. The standard InChI is InChI=1S/C13H12O8/c1-21-9-6-7(2-4-8(9)14)3-5-10(15)13(20,11(16)17)12(18)19/h2-6,14,20H,1H3,(H,16,17)(H,18,19)/b5-3+. The zero-order chi connectivity index (χ0) is 16.2. The van der Waals surface area contributed by atoms with Gasteiger partial charge in [-0.3, -0.25) is 4.79 Å². The molecule has 112 valence electrons. The zero-order valence-corrected chi connectivity index (χ0v) is 10.8. The van der Waals surface area contributed by atoms with Crippen molar-refractivity contribution in [2.24, 2.45) is 0 Å². The van der Waals surface area contributed by atoms with Gasteiger partial charge in [0.1, 0.15) is 0 Å². The van der Waals surface area contributed by atoms with Crippen LogP contribution in [0.1, 0.15) is 5.56 Å². The maximum absolute atomic E-state index is 11.6. The second-order valence-electron chi connectivity index (χ2n) is 3.95. The van der Waals surface area contributed by atoms with Gasteiger partial charge in [-0.2, -0.15) is 0 Å². The summed E-state index contributed by atoms with van der Waals surface area (Å²) in [6.07, 6.45) is 1.70. The number of rotatable bonds is 6. The number of carbonyl (C=O) groups excluding carboxylic acids is 1. The van der Waals surface area contributed by atoms with Gasteiger partial charge in [-0.15, -0.1) is 0 Å². The van der Waals surface area contributed by atoms with Crippen molar-refractivity contribution in [1.29, 1.82) is 0 Å². The number of aliphatic carboxylic acids is 2. The molecule has 21 heavy (non-hydrogen) atoms. The Balaban J connectivity index is 3.07. The Kier molecular flexibility index (Phi) is 4.67. The molecule has 0 aliphatic carbocycles. The van der Waals surface area contributed by atoms with Crippen LogP contribution in [0.5, 0.6) is 11.5 Å². The Hall–Kier alpha value is -2.87. The number of carbonyl (C=O) groups is 3. The monoisotopic (exact) mass is 296 g/mol. The normalized spacial score (nSPS) is 11.3. The number of ether oxygens (including phenoxy) is 1. The van der Waals surface area contributed by atoms with Crippen LogP contribution in [0.25, 0.3) is 6.08 Å². The predicted octanol–water partition coefficient (Wildman–Crippen LogP) is -0.117. The van der Waals surface area contributed by atoms with Crippen molar-refractivity contribution >= 4 is 23.8 Å². The molecule has 0 bridgehead atoms. The molecule has 0 spiro atoms. The zero-order valence-electron chi connectivity index (χ0n) is 10.8. The Morgan fingerprint density at radius 1 is 1.19 bits per heavy atom. The Morgan fingerprint density at radius 2 is 1.76 bits per heavy atom. The average molecular weight is 296 g/mol. The van der Waals surface area contributed by atoms with Crippen molar-refractivity contribution in [3.05, 3.63) is 29.8 Å². The fourth-order valence-electron chi connectivity index (χ4n) is 1.39. The molecule has 1 aromatic carbocycles. The lowest BCUT2D eigenvalue weighted by atomic mass is 9.98. The average Bonchev–Trinajstić information content (AvgIpc) is 2.44. The van der Waals surface area contributed by atoms with Gasteiger partial charge in [0.25, 0.3) is 0 Å². The highest BCUT2D eigenvalue weighted by atomic mass is 16.5. The number of ketones is 1. The second kappa shape index (κ2) is 6.06. The van der Waals surface area contributed by atoms with E-state index in [-0.39, 0.29) is 11.5 Å². The third-order valence-corrected chi connectivity index (χ3v) is 2.61. The predicted molar refractivity (Wildman–Crippen MR) is 68.9 cm³/mol. The molecule has 0 aromatic heterocycles. The van der Waals surface area contributed by atoms with E-state index in [1.54, 1.807) is 0 Å². The van der Waals surface area contributed by atoms with E-state index in [1.165, 1.54) is 25.3 Å². The summed E-state index contributed by atoms with van der Waals surface area (Å²) >= 11 is 0. The number of carboxylic acid groups (broad SMARTS) is 2. The fraction of sp³-hybridized carbons (Fsp3) is 0.154. The summed E-state index contributed by atoms with van der Waals surface area (Å²) in [6, 6.07) is 3.98. The van der Waals surface area contributed by atoms with Gasteiger partial charge in [-0.05, 0) is 23.8 Å². The van der Waals surface area contributed by atoms with E-state index >= 15 is 0 Å². The molecule has 0 aliphatic heterocycles. The molecule has 0 unspecified atom stereocenters. The van der Waals surface area contributed by atoms with Crippen LogP contribution in [0.2, 0.25) is 0 Å². The van der Waals surface area contributed by atoms with Crippen LogP contribution in [0.3, 0.4) is 0 Å². The number of hydrogen-bond acceptors (Lipinski definition) is 6. The molecule has 8 nitrogen and oxygen atoms in total. The Bertz CT molecular complexity index is 603. The van der Waals surface area contributed by atoms with Gasteiger partial charge in [0.2, 0.25) is 5.78 Å². The summed E-state index contributed by atoms with van der Waals surface area (Å²) < 4.78 is 4.83. The summed E-state index contributed by atoms with van der Waals surface area (Å²) in [7, 11) is 1.31. The molecule has 0 atom stereocenters. The number of phenolic OH excluding ortho intramolecular Hbond substituents is 1. The van der Waals surface area contributed by atoms with Crippen molar-refractivity contribution in [3.63, 3.8) is 0 Å². The molecule has 4 N–H and O–H groups in total. The minimum atomic E-state index is -3.54. The van der Waals surface area contributed by atoms with E-state index in [1.807, 2.05) is 0 Å². The number of carboxylic acids is 2. The highest BCUT2D eigenvalue weighted by Gasteiger charge is 2.51. The number of aliphatic hydroxyl groups is 1. The van der Waals surface area contributed by atoms with Crippen molar-refractivity contribution in [3.8, 4) is 11.5 Å². The van der Waals surface area contributed by atoms with E-state index in [4.69, 9.17) is 14.9 Å². The topological polar surface area (TPSA) is 141 Å². The number of benzene rings is 1. The van der Waals surface area contributed by atoms with Gasteiger partial charge in [0.15, 0.2) is 11.5 Å². The van der Waals surface area contributed by atoms with E-state index in [9.17, 15) is 24.6 Å². The third-order valence-electron chi connectivity index (χ3n) is 2.61. The van der Waals surface area contributed by atoms with Gasteiger partial charge in [-0.1, -0.05) is 12.1 Å². The molecule has 1 rings (SSSR count). The minimum absolute atomic E-state index is 0.108. The number of aromatic hydroxyl groups is 1. The molecule has 1 aromatic rings. The molecular formula is C13H12O8. The lowest BCUT2D eigenvalue weighted by Crippen LogP contribution is -2.52. The van der Waals surface area contributed by atoms with Crippen LogP contribution < -0.4 is 4.74 Å². The van der Waals surface area contributed by atoms with Gasteiger partial charge in [-0.25, -0.2) is 9.59 Å². The van der Waals surface area contributed by atoms with Crippen LogP contribution in [-0.2, 0) is 14.4 Å². The fourth-order valence-corrected chi connectivity index (χ4v) is 1.39. The first kappa shape index (κ1) is 16.2. The molecule has 0 heterocycles. The van der Waals surface area contributed by atoms with Crippen molar-refractivity contribution in [2.45, 2.75) is 5.60 Å². The SMILES string of the molecule is COc1cc(/C=C/C(=O)C(O)(C(=O)O)C(=O)O)ccc1O. The molecule has 0 saturated carbocycles. The lowest BCUT2D eigenvalue weighted by molar-refractivity contribution is -0.177. The summed E-state index contributed by atoms with van der Waals surface area (Å²) in [5.41, 5.74) is -3.21. The molecule has 0 fully saturated rings. The molecule has 0 aliphatic rings. The van der Waals surface area contributed by atoms with Gasteiger partial charge in [0.05, 0.1) is 7.11 Å². The van der Waals surface area contributed by atoms with Gasteiger partial charge >= 0.3 is 17.5 Å². The summed E-state index contributed by atoms with van der Waals surface area (Å²) in [5, 5.41) is 36.1. The summed E-state index contributed by atoms with van der Waals surface area (Å²) in [5.74, 6) is -5.93. The van der Waals surface area contributed by atoms with E-state index in [0.717, 1.165) is 6.08 Å². The summed E-state index contributed by atoms with van der Waals surface area (Å²) in [6.45, 7) is 0. The number of methoxy groups -OCH3 is 1. The maximum Gasteiger partial charge on any atom is 0.356 e. The van der Waals surface area contributed by atoms with Crippen molar-refractivity contribution in [2.75, 3.05) is 7.11 Å². The highest BCUT2D eigenvalue weighted by molar-refractivity contribution is 6.26. The van der Waals surface area contributed by atoms with Crippen LogP contribution >= 0.6 is 0 Å². The van der Waals surface area contributed by atoms with Crippen molar-refractivity contribution in [1.82, 2.24) is 0 Å². The second-order valence-corrected chi connectivity index (χ2v) is 3.95. The third kappa shape index (κ3) is 3.18. The quantitative estimate of drug-likeness (QED) is 0.420. The van der Waals surface area contributed by atoms with Crippen LogP contribution in [0, 0.1) is 0 Å². The Morgan fingerprint density at radius 3 is 2.24 bits per heavy atom. The van der Waals surface area contributed by atoms with Gasteiger partial charge in [0, 0.05) is 0 Å². The first-order valence-corrected chi connectivity index (χ1v) is 5.52. The molecule has 0 radical (unpaired) electrons. The van der Waals surface area contributed by atoms with Crippen LogP contribution in [-0.4, -0.2) is 50.9 Å². The van der Waals surface area contributed by atoms with Crippen molar-refractivity contribution < 1.29 is 39.5 Å². The minimum Gasteiger partial charge on any atom is -0.504 e. The lowest BCUT2D eigenvalue weighted by Gasteiger charge is -2.14. The van der Waals surface area contributed by atoms with Gasteiger partial charge < -0.3 is 25.2 Å². The maximum atomic E-state index is 11.6. The smallest absolute Gasteiger partial charge is 0.356 e. The van der Waals surface area contributed by atoms with E-state index < -0.39 is 23.3 Å². The van der Waals surface area contributed by atoms with E-state index in [2.05, 4.69) is 0 Å².